The van der Waals surface area contributed by atoms with Crippen LogP contribution in [0.15, 0.2) is 60.8 Å². The molecule has 3 N–H and O–H groups in total. The number of nitrogens with one attached hydrogen (secondary N) is 1. The van der Waals surface area contributed by atoms with Crippen molar-refractivity contribution in [3.63, 3.8) is 0 Å². The molecule has 0 aliphatic heterocycles. The Hall–Kier alpha value is -2.23. The maximum absolute atomic E-state index is 5.78. The molecule has 1 unspecified atom stereocenters. The number of nitrogens with two attached hydrogens (primary N) is 1. The normalized spacial score (nSPS) is 12.5. The van der Waals surface area contributed by atoms with E-state index in [0.717, 1.165) is 16.5 Å². The summed E-state index contributed by atoms with van der Waals surface area (Å²) in [7, 11) is 0. The molecule has 0 saturated carbocycles. The van der Waals surface area contributed by atoms with Crippen molar-refractivity contribution in [1.82, 2.24) is 10.4 Å². The Bertz CT molecular complexity index is 737. The second-order valence-corrected chi connectivity index (χ2v) is 4.91. The molecule has 0 radical (unpaired) electrons. The smallest absolute Gasteiger partial charge is 0.0712 e. The molecule has 0 fully saturated rings. The van der Waals surface area contributed by atoms with E-state index in [-0.39, 0.29) is 6.04 Å². The van der Waals surface area contributed by atoms with E-state index in [1.807, 2.05) is 30.5 Å². The first-order valence-electron chi connectivity index (χ1n) is 6.66. The van der Waals surface area contributed by atoms with Crippen molar-refractivity contribution in [3.8, 4) is 0 Å². The lowest BCUT2D eigenvalue weighted by Crippen LogP contribution is -2.29. The summed E-state index contributed by atoms with van der Waals surface area (Å²) in [4.78, 5) is 4.35. The van der Waals surface area contributed by atoms with Gasteiger partial charge in [0.25, 0.3) is 0 Å². The van der Waals surface area contributed by atoms with E-state index in [1.54, 1.807) is 0 Å². The van der Waals surface area contributed by atoms with Gasteiger partial charge >= 0.3 is 0 Å². The standard InChI is InChI=1S/C17H17N3/c1-12-5-2-3-7-15(12)17(20-18)14-8-9-16-13(11-14)6-4-10-19-16/h2-11,17,20H,18H2,1H3. The number of nitrogens with zero attached hydrogens (tertiary/aromatic N) is 1. The van der Waals surface area contributed by atoms with Gasteiger partial charge in [0.15, 0.2) is 0 Å². The van der Waals surface area contributed by atoms with Crippen LogP contribution in [0.1, 0.15) is 22.7 Å². The summed E-state index contributed by atoms with van der Waals surface area (Å²) in [6, 6.07) is 18.5. The van der Waals surface area contributed by atoms with Crippen LogP contribution in [0.2, 0.25) is 0 Å². The summed E-state index contributed by atoms with van der Waals surface area (Å²) in [6.07, 6.45) is 1.81. The third-order valence-corrected chi connectivity index (χ3v) is 3.63. The van der Waals surface area contributed by atoms with Crippen LogP contribution in [-0.2, 0) is 0 Å². The van der Waals surface area contributed by atoms with Gasteiger partial charge in [-0.05, 0) is 41.8 Å². The van der Waals surface area contributed by atoms with Gasteiger partial charge < -0.3 is 0 Å². The van der Waals surface area contributed by atoms with Crippen molar-refractivity contribution < 1.29 is 0 Å². The second-order valence-electron chi connectivity index (χ2n) is 4.91. The number of hydrogen-bond donors (Lipinski definition) is 2. The summed E-state index contributed by atoms with van der Waals surface area (Å²) >= 11 is 0. The maximum atomic E-state index is 5.78. The third-order valence-electron chi connectivity index (χ3n) is 3.63. The second kappa shape index (κ2) is 5.41. The minimum absolute atomic E-state index is 0.0131. The number of fused-ring (bicyclic) bond motifs is 1. The molecule has 3 nitrogen and oxygen atoms in total. The summed E-state index contributed by atoms with van der Waals surface area (Å²) < 4.78 is 0. The first-order chi connectivity index (χ1) is 9.79. The van der Waals surface area contributed by atoms with Crippen LogP contribution in [0.3, 0.4) is 0 Å². The van der Waals surface area contributed by atoms with Crippen molar-refractivity contribution in [2.75, 3.05) is 0 Å². The Labute approximate surface area is 118 Å². The number of aromatic nitrogens is 1. The van der Waals surface area contributed by atoms with E-state index >= 15 is 0 Å². The molecule has 0 spiro atoms. The molecule has 1 aromatic heterocycles. The number of hydrazine groups is 1. The highest BCUT2D eigenvalue weighted by Crippen LogP contribution is 2.26. The molecule has 0 saturated heterocycles. The van der Waals surface area contributed by atoms with E-state index < -0.39 is 0 Å². The quantitative estimate of drug-likeness (QED) is 0.564. The molecule has 1 heterocycles. The minimum atomic E-state index is -0.0131. The SMILES string of the molecule is Cc1ccccc1C(NN)c1ccc2ncccc2c1. The summed E-state index contributed by atoms with van der Waals surface area (Å²) in [5, 5.41) is 1.12. The molecule has 0 aliphatic rings. The molecule has 20 heavy (non-hydrogen) atoms. The van der Waals surface area contributed by atoms with Gasteiger partial charge in [-0.25, -0.2) is 5.43 Å². The number of pyridine rings is 1. The Morgan fingerprint density at radius 1 is 1.05 bits per heavy atom. The highest BCUT2D eigenvalue weighted by molar-refractivity contribution is 5.79. The Morgan fingerprint density at radius 2 is 1.90 bits per heavy atom. The van der Waals surface area contributed by atoms with Gasteiger partial charge in [-0.3, -0.25) is 10.8 Å². The van der Waals surface area contributed by atoms with Gasteiger partial charge in [0.1, 0.15) is 0 Å². The number of benzene rings is 2. The Kier molecular flexibility index (Phi) is 3.46. The van der Waals surface area contributed by atoms with Crippen LogP contribution >= 0.6 is 0 Å². The number of aryl methyl sites for hydroxylation is 1. The molecule has 1 atom stereocenters. The van der Waals surface area contributed by atoms with Crippen molar-refractivity contribution >= 4 is 10.9 Å². The lowest BCUT2D eigenvalue weighted by Gasteiger charge is -2.19. The van der Waals surface area contributed by atoms with E-state index in [2.05, 4.69) is 47.7 Å². The monoisotopic (exact) mass is 263 g/mol. The molecular formula is C17H17N3. The molecule has 0 aliphatic carbocycles. The first kappa shape index (κ1) is 12.8. The fourth-order valence-electron chi connectivity index (χ4n) is 2.55. The fraction of sp³-hybridized carbons (Fsp3) is 0.118. The number of rotatable bonds is 3. The van der Waals surface area contributed by atoms with Crippen LogP contribution in [0.5, 0.6) is 0 Å². The van der Waals surface area contributed by atoms with Crippen molar-refractivity contribution in [3.05, 3.63) is 77.5 Å². The predicted molar refractivity (Wildman–Crippen MR) is 82.1 cm³/mol. The molecular weight excluding hydrogens is 246 g/mol. The van der Waals surface area contributed by atoms with Gasteiger partial charge in [-0.1, -0.05) is 36.4 Å². The van der Waals surface area contributed by atoms with Gasteiger partial charge in [0.2, 0.25) is 0 Å². The number of hydrogen-bond acceptors (Lipinski definition) is 3. The van der Waals surface area contributed by atoms with Gasteiger partial charge in [-0.2, -0.15) is 0 Å². The van der Waals surface area contributed by atoms with E-state index in [4.69, 9.17) is 5.84 Å². The molecule has 3 heteroatoms. The largest absolute Gasteiger partial charge is 0.271 e. The van der Waals surface area contributed by atoms with E-state index in [0.29, 0.717) is 0 Å². The van der Waals surface area contributed by atoms with E-state index in [1.165, 1.54) is 11.1 Å². The van der Waals surface area contributed by atoms with Crippen molar-refractivity contribution in [2.24, 2.45) is 5.84 Å². The highest BCUT2D eigenvalue weighted by Gasteiger charge is 2.14. The molecule has 3 rings (SSSR count). The van der Waals surface area contributed by atoms with Gasteiger partial charge in [0.05, 0.1) is 11.6 Å². The fourth-order valence-corrected chi connectivity index (χ4v) is 2.55. The highest BCUT2D eigenvalue weighted by atomic mass is 15.2. The molecule has 3 aromatic rings. The van der Waals surface area contributed by atoms with Gasteiger partial charge in [0, 0.05) is 11.6 Å². The molecule has 0 amide bonds. The lowest BCUT2D eigenvalue weighted by atomic mass is 9.94. The summed E-state index contributed by atoms with van der Waals surface area (Å²) in [6.45, 7) is 2.10. The lowest BCUT2D eigenvalue weighted by molar-refractivity contribution is 0.634. The Balaban J connectivity index is 2.10. The average molecular weight is 263 g/mol. The van der Waals surface area contributed by atoms with Crippen molar-refractivity contribution in [1.29, 1.82) is 0 Å². The zero-order valence-electron chi connectivity index (χ0n) is 11.4. The zero-order chi connectivity index (χ0) is 13.9. The topological polar surface area (TPSA) is 50.9 Å². The van der Waals surface area contributed by atoms with Crippen LogP contribution in [0, 0.1) is 6.92 Å². The zero-order valence-corrected chi connectivity index (χ0v) is 11.4. The first-order valence-corrected chi connectivity index (χ1v) is 6.66. The molecule has 2 aromatic carbocycles. The third kappa shape index (κ3) is 2.29. The van der Waals surface area contributed by atoms with Crippen LogP contribution in [-0.4, -0.2) is 4.98 Å². The minimum Gasteiger partial charge on any atom is -0.271 e. The average Bonchev–Trinajstić information content (AvgIpc) is 2.50. The predicted octanol–water partition coefficient (Wildman–Crippen LogP) is 3.10. The Morgan fingerprint density at radius 3 is 2.70 bits per heavy atom. The van der Waals surface area contributed by atoms with Gasteiger partial charge in [-0.15, -0.1) is 0 Å². The van der Waals surface area contributed by atoms with Crippen molar-refractivity contribution in [2.45, 2.75) is 13.0 Å². The van der Waals surface area contributed by atoms with E-state index in [9.17, 15) is 0 Å². The van der Waals surface area contributed by atoms with Crippen LogP contribution in [0.4, 0.5) is 0 Å². The summed E-state index contributed by atoms with van der Waals surface area (Å²) in [5.74, 6) is 5.78. The van der Waals surface area contributed by atoms with Crippen LogP contribution in [0.25, 0.3) is 10.9 Å². The maximum Gasteiger partial charge on any atom is 0.0712 e. The summed E-state index contributed by atoms with van der Waals surface area (Å²) in [5.41, 5.74) is 7.47. The molecule has 100 valence electrons. The molecule has 0 bridgehead atoms. The van der Waals surface area contributed by atoms with Crippen LogP contribution < -0.4 is 11.3 Å².